The summed E-state index contributed by atoms with van der Waals surface area (Å²) in [6, 6.07) is 7.90. The quantitative estimate of drug-likeness (QED) is 0.893. The summed E-state index contributed by atoms with van der Waals surface area (Å²) in [5, 5.41) is 3.08. The summed E-state index contributed by atoms with van der Waals surface area (Å²) >= 11 is 3.48. The van der Waals surface area contributed by atoms with Crippen molar-refractivity contribution in [3.63, 3.8) is 0 Å². The number of carbonyl (C=O) groups excluding carboxylic acids is 1. The Morgan fingerprint density at radius 2 is 1.95 bits per heavy atom. The summed E-state index contributed by atoms with van der Waals surface area (Å²) < 4.78 is 1.01. The fourth-order valence-corrected chi connectivity index (χ4v) is 3.09. The second-order valence-electron chi connectivity index (χ2n) is 5.70. The molecule has 0 spiro atoms. The molecule has 0 atom stereocenters. The second-order valence-corrected chi connectivity index (χ2v) is 6.55. The lowest BCUT2D eigenvalue weighted by Crippen LogP contribution is -2.32. The summed E-state index contributed by atoms with van der Waals surface area (Å²) in [4.78, 5) is 11.9. The van der Waals surface area contributed by atoms with Crippen molar-refractivity contribution in [3.05, 3.63) is 34.3 Å². The fourth-order valence-electron chi connectivity index (χ4n) is 2.67. The zero-order valence-electron chi connectivity index (χ0n) is 11.5. The molecule has 104 valence electrons. The van der Waals surface area contributed by atoms with Gasteiger partial charge < -0.3 is 5.32 Å². The maximum atomic E-state index is 11.9. The van der Waals surface area contributed by atoms with Crippen LogP contribution < -0.4 is 5.32 Å². The Morgan fingerprint density at radius 1 is 1.26 bits per heavy atom. The van der Waals surface area contributed by atoms with Gasteiger partial charge in [-0.1, -0.05) is 53.9 Å². The lowest BCUT2D eigenvalue weighted by molar-refractivity contribution is -0.120. The highest BCUT2D eigenvalue weighted by atomic mass is 79.9. The van der Waals surface area contributed by atoms with Crippen molar-refractivity contribution in [2.45, 2.75) is 39.0 Å². The molecular weight excluding hydrogens is 302 g/mol. The number of carbonyl (C=O) groups is 1. The Hall–Kier alpha value is -0.830. The van der Waals surface area contributed by atoms with E-state index in [1.165, 1.54) is 25.7 Å². The van der Waals surface area contributed by atoms with Crippen LogP contribution in [-0.2, 0) is 11.2 Å². The maximum Gasteiger partial charge on any atom is 0.224 e. The first-order valence-corrected chi connectivity index (χ1v) is 7.94. The van der Waals surface area contributed by atoms with Crippen LogP contribution in [0.5, 0.6) is 0 Å². The molecule has 0 radical (unpaired) electrons. The molecule has 1 aromatic carbocycles. The lowest BCUT2D eigenvalue weighted by atomic mass is 9.83. The molecular formula is C16H22BrNO. The molecule has 3 heteroatoms. The number of hydrogen-bond donors (Lipinski definition) is 1. The van der Waals surface area contributed by atoms with Crippen molar-refractivity contribution in [3.8, 4) is 0 Å². The van der Waals surface area contributed by atoms with E-state index in [-0.39, 0.29) is 5.91 Å². The third-order valence-electron chi connectivity index (χ3n) is 4.03. The molecule has 0 unspecified atom stereocenters. The Labute approximate surface area is 124 Å². The molecule has 0 bridgehead atoms. The van der Waals surface area contributed by atoms with Crippen molar-refractivity contribution in [2.24, 2.45) is 11.8 Å². The number of nitrogens with one attached hydrogen (secondary N) is 1. The molecule has 1 amide bonds. The summed E-state index contributed by atoms with van der Waals surface area (Å²) in [6.07, 6.45) is 5.60. The molecule has 1 aliphatic rings. The van der Waals surface area contributed by atoms with Gasteiger partial charge in [0.15, 0.2) is 0 Å². The molecule has 2 nitrogen and oxygen atoms in total. The number of hydrogen-bond acceptors (Lipinski definition) is 1. The second kappa shape index (κ2) is 7.09. The van der Waals surface area contributed by atoms with E-state index in [0.29, 0.717) is 12.3 Å². The van der Waals surface area contributed by atoms with Crippen LogP contribution >= 0.6 is 15.9 Å². The van der Waals surface area contributed by atoms with Gasteiger partial charge in [-0.25, -0.2) is 0 Å². The molecule has 1 aliphatic carbocycles. The minimum absolute atomic E-state index is 0.130. The van der Waals surface area contributed by atoms with E-state index in [0.717, 1.165) is 22.5 Å². The third kappa shape index (κ3) is 4.64. The van der Waals surface area contributed by atoms with Crippen molar-refractivity contribution < 1.29 is 4.79 Å². The SMILES string of the molecule is CC1CCC(CNC(=O)Cc2ccccc2Br)CC1. The third-order valence-corrected chi connectivity index (χ3v) is 4.81. The smallest absolute Gasteiger partial charge is 0.224 e. The van der Waals surface area contributed by atoms with Gasteiger partial charge in [0.05, 0.1) is 6.42 Å². The van der Waals surface area contributed by atoms with Gasteiger partial charge in [-0.3, -0.25) is 4.79 Å². The van der Waals surface area contributed by atoms with Crippen LogP contribution in [0.3, 0.4) is 0 Å². The van der Waals surface area contributed by atoms with E-state index in [1.54, 1.807) is 0 Å². The zero-order valence-corrected chi connectivity index (χ0v) is 13.1. The summed E-state index contributed by atoms with van der Waals surface area (Å²) in [5.74, 6) is 1.68. The van der Waals surface area contributed by atoms with E-state index >= 15 is 0 Å². The normalized spacial score (nSPS) is 23.1. The topological polar surface area (TPSA) is 29.1 Å². The van der Waals surface area contributed by atoms with Gasteiger partial charge in [-0.05, 0) is 36.3 Å². The van der Waals surface area contributed by atoms with E-state index in [4.69, 9.17) is 0 Å². The maximum absolute atomic E-state index is 11.9. The molecule has 19 heavy (non-hydrogen) atoms. The van der Waals surface area contributed by atoms with Gasteiger partial charge in [-0.2, -0.15) is 0 Å². The molecule has 0 heterocycles. The molecule has 1 N–H and O–H groups in total. The first-order chi connectivity index (χ1) is 9.15. The minimum atomic E-state index is 0.130. The average Bonchev–Trinajstić information content (AvgIpc) is 2.41. The Balaban J connectivity index is 1.74. The summed E-state index contributed by atoms with van der Waals surface area (Å²) in [7, 11) is 0. The number of rotatable bonds is 4. The largest absolute Gasteiger partial charge is 0.356 e. The molecule has 1 fully saturated rings. The molecule has 0 saturated heterocycles. The van der Waals surface area contributed by atoms with Gasteiger partial charge in [0.2, 0.25) is 5.91 Å². The van der Waals surface area contributed by atoms with Gasteiger partial charge in [0, 0.05) is 11.0 Å². The average molecular weight is 324 g/mol. The summed E-state index contributed by atoms with van der Waals surface area (Å²) in [6.45, 7) is 3.16. The highest BCUT2D eigenvalue weighted by Gasteiger charge is 2.18. The van der Waals surface area contributed by atoms with Gasteiger partial charge in [0.1, 0.15) is 0 Å². The van der Waals surface area contributed by atoms with Crippen LogP contribution in [0.1, 0.15) is 38.2 Å². The summed E-state index contributed by atoms with van der Waals surface area (Å²) in [5.41, 5.74) is 1.05. The van der Waals surface area contributed by atoms with Crippen molar-refractivity contribution in [1.29, 1.82) is 0 Å². The lowest BCUT2D eigenvalue weighted by Gasteiger charge is -2.26. The molecule has 0 aromatic heterocycles. The van der Waals surface area contributed by atoms with Crippen molar-refractivity contribution in [1.82, 2.24) is 5.32 Å². The highest BCUT2D eigenvalue weighted by molar-refractivity contribution is 9.10. The van der Waals surface area contributed by atoms with E-state index < -0.39 is 0 Å². The van der Waals surface area contributed by atoms with Crippen LogP contribution in [0, 0.1) is 11.8 Å². The first kappa shape index (κ1) is 14.6. The Morgan fingerprint density at radius 3 is 2.63 bits per heavy atom. The Bertz CT molecular complexity index is 425. The van der Waals surface area contributed by atoms with Crippen molar-refractivity contribution in [2.75, 3.05) is 6.54 Å². The Kier molecular flexibility index (Phi) is 5.44. The number of amides is 1. The molecule has 0 aliphatic heterocycles. The number of benzene rings is 1. The monoisotopic (exact) mass is 323 g/mol. The van der Waals surface area contributed by atoms with Crippen LogP contribution in [0.2, 0.25) is 0 Å². The first-order valence-electron chi connectivity index (χ1n) is 7.15. The van der Waals surface area contributed by atoms with Crippen LogP contribution in [0.25, 0.3) is 0 Å². The predicted octanol–water partition coefficient (Wildman–Crippen LogP) is 3.93. The standard InChI is InChI=1S/C16H22BrNO/c1-12-6-8-13(9-7-12)11-18-16(19)10-14-4-2-3-5-15(14)17/h2-5,12-13H,6-11H2,1H3,(H,18,19). The van der Waals surface area contributed by atoms with Crippen LogP contribution in [0.4, 0.5) is 0 Å². The van der Waals surface area contributed by atoms with E-state index in [9.17, 15) is 4.79 Å². The molecule has 1 saturated carbocycles. The predicted molar refractivity (Wildman–Crippen MR) is 82.0 cm³/mol. The highest BCUT2D eigenvalue weighted by Crippen LogP contribution is 2.27. The molecule has 2 rings (SSSR count). The van der Waals surface area contributed by atoms with Gasteiger partial charge in [-0.15, -0.1) is 0 Å². The minimum Gasteiger partial charge on any atom is -0.356 e. The van der Waals surface area contributed by atoms with Gasteiger partial charge in [0.25, 0.3) is 0 Å². The zero-order chi connectivity index (χ0) is 13.7. The van der Waals surface area contributed by atoms with Crippen LogP contribution in [0.15, 0.2) is 28.7 Å². The van der Waals surface area contributed by atoms with Crippen LogP contribution in [-0.4, -0.2) is 12.5 Å². The fraction of sp³-hybridized carbons (Fsp3) is 0.562. The van der Waals surface area contributed by atoms with Gasteiger partial charge >= 0.3 is 0 Å². The van der Waals surface area contributed by atoms with Crippen molar-refractivity contribution >= 4 is 21.8 Å². The van der Waals surface area contributed by atoms with E-state index in [2.05, 4.69) is 28.2 Å². The molecule has 1 aromatic rings. The number of halogens is 1. The van der Waals surface area contributed by atoms with E-state index in [1.807, 2.05) is 24.3 Å².